The van der Waals surface area contributed by atoms with Crippen LogP contribution in [0.5, 0.6) is 0 Å². The molecule has 17 heavy (non-hydrogen) atoms. The van der Waals surface area contributed by atoms with E-state index in [1.54, 1.807) is 0 Å². The molecule has 0 aliphatic heterocycles. The topological polar surface area (TPSA) is 55.7 Å². The molecule has 0 saturated carbocycles. The van der Waals surface area contributed by atoms with Gasteiger partial charge in [0.05, 0.1) is 12.0 Å². The molecule has 0 aromatic heterocycles. The van der Waals surface area contributed by atoms with Crippen LogP contribution in [0.2, 0.25) is 0 Å². The SMILES string of the molecule is CS(=O)(=O)ON=C1CCCc2cc(Br)ccc21. The van der Waals surface area contributed by atoms with E-state index in [-0.39, 0.29) is 0 Å². The monoisotopic (exact) mass is 317 g/mol. The lowest BCUT2D eigenvalue weighted by Crippen LogP contribution is -2.13. The van der Waals surface area contributed by atoms with E-state index in [4.69, 9.17) is 0 Å². The van der Waals surface area contributed by atoms with Crippen molar-refractivity contribution < 1.29 is 12.7 Å². The van der Waals surface area contributed by atoms with E-state index in [1.165, 1.54) is 5.56 Å². The summed E-state index contributed by atoms with van der Waals surface area (Å²) in [5, 5.41) is 3.74. The lowest BCUT2D eigenvalue weighted by Gasteiger charge is -2.17. The van der Waals surface area contributed by atoms with E-state index in [0.717, 1.165) is 35.6 Å². The minimum atomic E-state index is -3.53. The van der Waals surface area contributed by atoms with Crippen molar-refractivity contribution in [1.82, 2.24) is 0 Å². The molecule has 0 amide bonds. The molecule has 92 valence electrons. The Morgan fingerprint density at radius 3 is 2.82 bits per heavy atom. The molecular weight excluding hydrogens is 306 g/mol. The second-order valence-electron chi connectivity index (χ2n) is 3.97. The number of hydrogen-bond acceptors (Lipinski definition) is 4. The second kappa shape index (κ2) is 4.78. The third-order valence-electron chi connectivity index (χ3n) is 2.52. The summed E-state index contributed by atoms with van der Waals surface area (Å²) in [6, 6.07) is 5.88. The predicted molar refractivity (Wildman–Crippen MR) is 69.5 cm³/mol. The molecule has 4 nitrogen and oxygen atoms in total. The molecule has 0 atom stereocenters. The van der Waals surface area contributed by atoms with Crippen LogP contribution in [0, 0.1) is 0 Å². The number of oxime groups is 1. The highest BCUT2D eigenvalue weighted by Crippen LogP contribution is 2.25. The maximum absolute atomic E-state index is 10.9. The lowest BCUT2D eigenvalue weighted by molar-refractivity contribution is 0.341. The maximum atomic E-state index is 10.9. The van der Waals surface area contributed by atoms with E-state index in [2.05, 4.69) is 25.4 Å². The van der Waals surface area contributed by atoms with Crippen LogP contribution in [0.15, 0.2) is 27.8 Å². The Bertz CT molecular complexity index is 566. The largest absolute Gasteiger partial charge is 0.325 e. The molecular formula is C11H12BrNO3S. The minimum Gasteiger partial charge on any atom is -0.268 e. The molecule has 6 heteroatoms. The van der Waals surface area contributed by atoms with Crippen molar-refractivity contribution >= 4 is 31.8 Å². The fraction of sp³-hybridized carbons (Fsp3) is 0.364. The highest BCUT2D eigenvalue weighted by atomic mass is 79.9. The maximum Gasteiger partial charge on any atom is 0.325 e. The quantitative estimate of drug-likeness (QED) is 0.787. The van der Waals surface area contributed by atoms with Gasteiger partial charge >= 0.3 is 10.1 Å². The van der Waals surface area contributed by atoms with Crippen molar-refractivity contribution in [3.63, 3.8) is 0 Å². The Kier molecular flexibility index (Phi) is 3.53. The first kappa shape index (κ1) is 12.6. The molecule has 0 saturated heterocycles. The molecule has 0 fully saturated rings. The van der Waals surface area contributed by atoms with Crippen LogP contribution in [0.3, 0.4) is 0 Å². The van der Waals surface area contributed by atoms with Crippen molar-refractivity contribution in [2.24, 2.45) is 5.16 Å². The summed E-state index contributed by atoms with van der Waals surface area (Å²) in [4.78, 5) is 0. The average molecular weight is 318 g/mol. The summed E-state index contributed by atoms with van der Waals surface area (Å²) < 4.78 is 27.3. The molecule has 0 heterocycles. The van der Waals surface area contributed by atoms with Crippen molar-refractivity contribution in [3.05, 3.63) is 33.8 Å². The van der Waals surface area contributed by atoms with Crippen LogP contribution in [0.4, 0.5) is 0 Å². The molecule has 0 spiro atoms. The zero-order chi connectivity index (χ0) is 12.5. The minimum absolute atomic E-state index is 0.698. The predicted octanol–water partition coefficient (Wildman–Crippen LogP) is 2.47. The fourth-order valence-corrected chi connectivity index (χ4v) is 2.47. The van der Waals surface area contributed by atoms with Gasteiger partial charge in [-0.3, -0.25) is 4.28 Å². The van der Waals surface area contributed by atoms with Gasteiger partial charge in [-0.2, -0.15) is 8.42 Å². The number of benzene rings is 1. The smallest absolute Gasteiger partial charge is 0.268 e. The molecule has 0 unspecified atom stereocenters. The Morgan fingerprint density at radius 2 is 2.12 bits per heavy atom. The Hall–Kier alpha value is -0.880. The Balaban J connectivity index is 2.35. The average Bonchev–Trinajstić information content (AvgIpc) is 2.24. The van der Waals surface area contributed by atoms with Crippen molar-refractivity contribution in [1.29, 1.82) is 0 Å². The van der Waals surface area contributed by atoms with Gasteiger partial charge in [-0.05, 0) is 37.0 Å². The third-order valence-corrected chi connectivity index (χ3v) is 3.36. The molecule has 0 radical (unpaired) electrons. The van der Waals surface area contributed by atoms with Crippen molar-refractivity contribution in [2.75, 3.05) is 6.26 Å². The van der Waals surface area contributed by atoms with Gasteiger partial charge in [-0.25, -0.2) is 0 Å². The Labute approximate surface area is 109 Å². The first-order valence-corrected chi connectivity index (χ1v) is 7.81. The van der Waals surface area contributed by atoms with Gasteiger partial charge < -0.3 is 0 Å². The number of halogens is 1. The summed E-state index contributed by atoms with van der Waals surface area (Å²) in [7, 11) is -3.53. The summed E-state index contributed by atoms with van der Waals surface area (Å²) >= 11 is 3.41. The standard InChI is InChI=1S/C11H12BrNO3S/c1-17(14,15)16-13-11-4-2-3-8-7-9(12)5-6-10(8)11/h5-7H,2-4H2,1H3. The van der Waals surface area contributed by atoms with Gasteiger partial charge in [0.25, 0.3) is 0 Å². The normalized spacial score (nSPS) is 17.9. The molecule has 1 aliphatic carbocycles. The number of hydrogen-bond donors (Lipinski definition) is 0. The van der Waals surface area contributed by atoms with Crippen LogP contribution in [-0.4, -0.2) is 20.4 Å². The summed E-state index contributed by atoms with van der Waals surface area (Å²) in [5.41, 5.74) is 2.84. The first-order valence-electron chi connectivity index (χ1n) is 5.20. The molecule has 0 bridgehead atoms. The molecule has 1 aromatic rings. The van der Waals surface area contributed by atoms with Gasteiger partial charge in [0.1, 0.15) is 0 Å². The molecule has 2 rings (SSSR count). The number of nitrogens with zero attached hydrogens (tertiary/aromatic N) is 1. The van der Waals surface area contributed by atoms with E-state index >= 15 is 0 Å². The zero-order valence-electron chi connectivity index (χ0n) is 9.31. The second-order valence-corrected chi connectivity index (χ2v) is 6.44. The van der Waals surface area contributed by atoms with Gasteiger partial charge in [0.2, 0.25) is 0 Å². The molecule has 1 aromatic carbocycles. The number of rotatable bonds is 2. The van der Waals surface area contributed by atoms with E-state index in [9.17, 15) is 8.42 Å². The molecule has 1 aliphatic rings. The van der Waals surface area contributed by atoms with Crippen LogP contribution in [-0.2, 0) is 20.8 Å². The fourth-order valence-electron chi connectivity index (χ4n) is 1.84. The van der Waals surface area contributed by atoms with Crippen LogP contribution in [0.1, 0.15) is 24.0 Å². The highest BCUT2D eigenvalue weighted by Gasteiger charge is 2.17. The lowest BCUT2D eigenvalue weighted by atomic mass is 9.90. The summed E-state index contributed by atoms with van der Waals surface area (Å²) in [5.74, 6) is 0. The Morgan fingerprint density at radius 1 is 1.35 bits per heavy atom. The van der Waals surface area contributed by atoms with Crippen LogP contribution < -0.4 is 0 Å². The third kappa shape index (κ3) is 3.29. The summed E-state index contributed by atoms with van der Waals surface area (Å²) in [6.45, 7) is 0. The van der Waals surface area contributed by atoms with Crippen molar-refractivity contribution in [3.8, 4) is 0 Å². The van der Waals surface area contributed by atoms with Gasteiger partial charge in [0.15, 0.2) is 0 Å². The van der Waals surface area contributed by atoms with Crippen LogP contribution in [0.25, 0.3) is 0 Å². The number of aryl methyl sites for hydroxylation is 1. The van der Waals surface area contributed by atoms with Gasteiger partial charge in [-0.15, -0.1) is 0 Å². The molecule has 0 N–H and O–H groups in total. The highest BCUT2D eigenvalue weighted by molar-refractivity contribution is 9.10. The zero-order valence-corrected chi connectivity index (χ0v) is 11.7. The van der Waals surface area contributed by atoms with E-state index in [1.807, 2.05) is 18.2 Å². The van der Waals surface area contributed by atoms with E-state index < -0.39 is 10.1 Å². The van der Waals surface area contributed by atoms with Crippen LogP contribution >= 0.6 is 15.9 Å². The van der Waals surface area contributed by atoms with Gasteiger partial charge in [-0.1, -0.05) is 27.2 Å². The van der Waals surface area contributed by atoms with Crippen molar-refractivity contribution in [2.45, 2.75) is 19.3 Å². The number of fused-ring (bicyclic) bond motifs is 1. The van der Waals surface area contributed by atoms with Gasteiger partial charge in [0, 0.05) is 10.0 Å². The summed E-state index contributed by atoms with van der Waals surface area (Å²) in [6.07, 6.45) is 3.66. The first-order chi connectivity index (χ1) is 7.96. The van der Waals surface area contributed by atoms with E-state index in [0.29, 0.717) is 5.71 Å².